The smallest absolute Gasteiger partial charge is 0.326 e. The first-order valence-electron chi connectivity index (χ1n) is 7.37. The minimum Gasteiger partial charge on any atom is -0.480 e. The topological polar surface area (TPSA) is 98.3 Å². The SMILES string of the molecule is CC1CCCC1NC(=O)N1Cc2[nH]cnc2CC1C(=O)O. The lowest BCUT2D eigenvalue weighted by Crippen LogP contribution is -2.54. The van der Waals surface area contributed by atoms with E-state index in [1.807, 2.05) is 0 Å². The van der Waals surface area contributed by atoms with Gasteiger partial charge in [-0.1, -0.05) is 13.3 Å². The number of nitrogens with one attached hydrogen (secondary N) is 2. The molecular formula is C14H20N4O3. The Kier molecular flexibility index (Phi) is 3.57. The van der Waals surface area contributed by atoms with Crippen LogP contribution in [0, 0.1) is 5.92 Å². The number of carbonyl (C=O) groups excluding carboxylic acids is 1. The van der Waals surface area contributed by atoms with Crippen molar-refractivity contribution < 1.29 is 14.7 Å². The predicted octanol–water partition coefficient (Wildman–Crippen LogP) is 1.12. The van der Waals surface area contributed by atoms with E-state index in [0.717, 1.165) is 30.7 Å². The van der Waals surface area contributed by atoms with E-state index >= 15 is 0 Å². The summed E-state index contributed by atoms with van der Waals surface area (Å²) in [5, 5.41) is 12.4. The number of rotatable bonds is 2. The fourth-order valence-electron chi connectivity index (χ4n) is 3.27. The van der Waals surface area contributed by atoms with Crippen molar-refractivity contribution in [3.8, 4) is 0 Å². The summed E-state index contributed by atoms with van der Waals surface area (Å²) in [6.07, 6.45) is 4.98. The summed E-state index contributed by atoms with van der Waals surface area (Å²) in [5.74, 6) is -0.539. The van der Waals surface area contributed by atoms with Gasteiger partial charge in [-0.3, -0.25) is 0 Å². The molecule has 21 heavy (non-hydrogen) atoms. The Balaban J connectivity index is 1.75. The molecule has 114 valence electrons. The summed E-state index contributed by atoms with van der Waals surface area (Å²) >= 11 is 0. The third kappa shape index (κ3) is 2.59. The molecule has 1 fully saturated rings. The van der Waals surface area contributed by atoms with Crippen molar-refractivity contribution in [3.63, 3.8) is 0 Å². The Labute approximate surface area is 122 Å². The highest BCUT2D eigenvalue weighted by atomic mass is 16.4. The number of H-pyrrole nitrogens is 1. The van der Waals surface area contributed by atoms with E-state index in [0.29, 0.717) is 5.92 Å². The zero-order chi connectivity index (χ0) is 15.0. The van der Waals surface area contributed by atoms with Gasteiger partial charge in [-0.05, 0) is 18.8 Å². The standard InChI is InChI=1S/C14H20N4O3/c1-8-3-2-4-9(8)17-14(21)18-6-11-10(15-7-16-11)5-12(18)13(19)20/h7-9,12H,2-6H2,1H3,(H,15,16)(H,17,21)(H,19,20). The Hall–Kier alpha value is -2.05. The van der Waals surface area contributed by atoms with Crippen LogP contribution in [0.25, 0.3) is 0 Å². The van der Waals surface area contributed by atoms with Crippen molar-refractivity contribution in [1.82, 2.24) is 20.2 Å². The van der Waals surface area contributed by atoms with E-state index in [1.165, 1.54) is 4.90 Å². The second-order valence-electron chi connectivity index (χ2n) is 5.98. The molecule has 0 saturated heterocycles. The molecular weight excluding hydrogens is 272 g/mol. The molecule has 3 N–H and O–H groups in total. The van der Waals surface area contributed by atoms with Crippen molar-refractivity contribution in [1.29, 1.82) is 0 Å². The lowest BCUT2D eigenvalue weighted by atomic mass is 10.0. The number of aromatic nitrogens is 2. The van der Waals surface area contributed by atoms with Crippen LogP contribution in [-0.4, -0.2) is 44.1 Å². The molecule has 3 atom stereocenters. The highest BCUT2D eigenvalue weighted by Gasteiger charge is 2.37. The highest BCUT2D eigenvalue weighted by Crippen LogP contribution is 2.26. The molecule has 2 amide bonds. The molecule has 2 heterocycles. The van der Waals surface area contributed by atoms with Gasteiger partial charge in [0.15, 0.2) is 0 Å². The fraction of sp³-hybridized carbons (Fsp3) is 0.643. The number of aromatic amines is 1. The van der Waals surface area contributed by atoms with Gasteiger partial charge in [-0.25, -0.2) is 14.6 Å². The van der Waals surface area contributed by atoms with E-state index in [-0.39, 0.29) is 25.0 Å². The summed E-state index contributed by atoms with van der Waals surface area (Å²) in [7, 11) is 0. The van der Waals surface area contributed by atoms with Crippen LogP contribution in [0.4, 0.5) is 4.79 Å². The Morgan fingerprint density at radius 2 is 2.29 bits per heavy atom. The van der Waals surface area contributed by atoms with Crippen molar-refractivity contribution in [3.05, 3.63) is 17.7 Å². The maximum atomic E-state index is 12.5. The zero-order valence-corrected chi connectivity index (χ0v) is 12.0. The first kappa shape index (κ1) is 13.9. The van der Waals surface area contributed by atoms with E-state index < -0.39 is 12.0 Å². The van der Waals surface area contributed by atoms with Crippen molar-refractivity contribution in [2.24, 2.45) is 5.92 Å². The summed E-state index contributed by atoms with van der Waals surface area (Å²) in [5.41, 5.74) is 1.56. The molecule has 0 radical (unpaired) electrons. The fourth-order valence-corrected chi connectivity index (χ4v) is 3.27. The number of fused-ring (bicyclic) bond motifs is 1. The molecule has 1 aliphatic carbocycles. The Morgan fingerprint density at radius 1 is 1.48 bits per heavy atom. The normalized spacial score (nSPS) is 28.2. The van der Waals surface area contributed by atoms with Gasteiger partial charge in [0.05, 0.1) is 24.3 Å². The maximum absolute atomic E-state index is 12.5. The monoisotopic (exact) mass is 292 g/mol. The lowest BCUT2D eigenvalue weighted by Gasteiger charge is -2.33. The largest absolute Gasteiger partial charge is 0.480 e. The van der Waals surface area contributed by atoms with Crippen LogP contribution in [-0.2, 0) is 17.8 Å². The van der Waals surface area contributed by atoms with Crippen LogP contribution >= 0.6 is 0 Å². The zero-order valence-electron chi connectivity index (χ0n) is 12.0. The van der Waals surface area contributed by atoms with Crippen LogP contribution in [0.2, 0.25) is 0 Å². The van der Waals surface area contributed by atoms with E-state index in [2.05, 4.69) is 22.2 Å². The lowest BCUT2D eigenvalue weighted by molar-refractivity contribution is -0.142. The quantitative estimate of drug-likeness (QED) is 0.760. The van der Waals surface area contributed by atoms with Gasteiger partial charge < -0.3 is 20.3 Å². The number of carboxylic acid groups (broad SMARTS) is 1. The molecule has 1 aliphatic heterocycles. The number of imidazole rings is 1. The third-order valence-electron chi connectivity index (χ3n) is 4.62. The van der Waals surface area contributed by atoms with E-state index in [4.69, 9.17) is 0 Å². The van der Waals surface area contributed by atoms with Crippen molar-refractivity contribution in [2.45, 2.75) is 51.2 Å². The molecule has 0 bridgehead atoms. The molecule has 3 rings (SSSR count). The first-order valence-corrected chi connectivity index (χ1v) is 7.37. The number of amides is 2. The number of urea groups is 1. The van der Waals surface area contributed by atoms with Gasteiger partial charge in [-0.15, -0.1) is 0 Å². The molecule has 3 unspecified atom stereocenters. The van der Waals surface area contributed by atoms with E-state index in [1.54, 1.807) is 6.33 Å². The summed E-state index contributed by atoms with van der Waals surface area (Å²) in [4.78, 5) is 32.4. The number of carbonyl (C=O) groups is 2. The average molecular weight is 292 g/mol. The minimum atomic E-state index is -0.988. The summed E-state index contributed by atoms with van der Waals surface area (Å²) in [6, 6.07) is -0.992. The van der Waals surface area contributed by atoms with Crippen LogP contribution in [0.1, 0.15) is 37.6 Å². The van der Waals surface area contributed by atoms with Gasteiger partial charge in [0.1, 0.15) is 6.04 Å². The Morgan fingerprint density at radius 3 is 2.95 bits per heavy atom. The minimum absolute atomic E-state index is 0.148. The van der Waals surface area contributed by atoms with Gasteiger partial charge in [0, 0.05) is 12.5 Å². The summed E-state index contributed by atoms with van der Waals surface area (Å²) in [6.45, 7) is 2.38. The van der Waals surface area contributed by atoms with Crippen molar-refractivity contribution >= 4 is 12.0 Å². The van der Waals surface area contributed by atoms with Gasteiger partial charge in [0.2, 0.25) is 0 Å². The van der Waals surface area contributed by atoms with E-state index in [9.17, 15) is 14.7 Å². The van der Waals surface area contributed by atoms with Crippen LogP contribution in [0.15, 0.2) is 6.33 Å². The molecule has 7 nitrogen and oxygen atoms in total. The van der Waals surface area contributed by atoms with Gasteiger partial charge >= 0.3 is 12.0 Å². The molecule has 2 aliphatic rings. The van der Waals surface area contributed by atoms with Gasteiger partial charge in [0.25, 0.3) is 0 Å². The maximum Gasteiger partial charge on any atom is 0.326 e. The molecule has 0 aromatic carbocycles. The number of hydrogen-bond donors (Lipinski definition) is 3. The van der Waals surface area contributed by atoms with Crippen LogP contribution in [0.3, 0.4) is 0 Å². The second kappa shape index (κ2) is 5.38. The third-order valence-corrected chi connectivity index (χ3v) is 4.62. The second-order valence-corrected chi connectivity index (χ2v) is 5.98. The average Bonchev–Trinajstić information content (AvgIpc) is 3.06. The summed E-state index contributed by atoms with van der Waals surface area (Å²) < 4.78 is 0. The molecule has 0 spiro atoms. The molecule has 1 aromatic rings. The van der Waals surface area contributed by atoms with Crippen LogP contribution < -0.4 is 5.32 Å². The number of carboxylic acids is 1. The molecule has 7 heteroatoms. The molecule has 1 saturated carbocycles. The number of aliphatic carboxylic acids is 1. The Bertz CT molecular complexity index is 556. The first-order chi connectivity index (χ1) is 10.1. The number of nitrogens with zero attached hydrogens (tertiary/aromatic N) is 2. The molecule has 1 aromatic heterocycles. The van der Waals surface area contributed by atoms with Crippen LogP contribution in [0.5, 0.6) is 0 Å². The predicted molar refractivity (Wildman–Crippen MR) is 74.6 cm³/mol. The van der Waals surface area contributed by atoms with Gasteiger partial charge in [-0.2, -0.15) is 0 Å². The highest BCUT2D eigenvalue weighted by molar-refractivity contribution is 5.83. The number of hydrogen-bond acceptors (Lipinski definition) is 3. The van der Waals surface area contributed by atoms with Crippen molar-refractivity contribution in [2.75, 3.05) is 0 Å².